The van der Waals surface area contributed by atoms with E-state index in [1.165, 1.54) is 12.1 Å². The molecule has 40 heavy (non-hydrogen) atoms. The molecule has 14 heteroatoms. The highest BCUT2D eigenvalue weighted by Crippen LogP contribution is 2.67. The Labute approximate surface area is 238 Å². The highest BCUT2D eigenvalue weighted by Gasteiger charge is 2.44. The van der Waals surface area contributed by atoms with Crippen molar-refractivity contribution in [1.82, 2.24) is 9.97 Å². The zero-order valence-electron chi connectivity index (χ0n) is 23.2. The molecule has 1 aromatic carbocycles. The second-order valence-corrected chi connectivity index (χ2v) is 13.1. The largest absolute Gasteiger partial charge is 0.490 e. The van der Waals surface area contributed by atoms with Gasteiger partial charge in [0.1, 0.15) is 5.01 Å². The number of hydrogen-bond acceptors (Lipinski definition) is 11. The van der Waals surface area contributed by atoms with Crippen LogP contribution in [0.15, 0.2) is 42.7 Å². The van der Waals surface area contributed by atoms with E-state index in [0.717, 1.165) is 27.2 Å². The van der Waals surface area contributed by atoms with Gasteiger partial charge in [-0.2, -0.15) is 0 Å². The molecule has 0 aliphatic rings. The van der Waals surface area contributed by atoms with E-state index in [0.29, 0.717) is 6.42 Å². The van der Waals surface area contributed by atoms with E-state index in [4.69, 9.17) is 27.4 Å². The maximum atomic E-state index is 15.2. The van der Waals surface area contributed by atoms with E-state index >= 15 is 4.39 Å². The van der Waals surface area contributed by atoms with E-state index in [1.54, 1.807) is 51.4 Å². The van der Waals surface area contributed by atoms with E-state index in [2.05, 4.69) is 9.97 Å². The van der Waals surface area contributed by atoms with Gasteiger partial charge in [0.2, 0.25) is 0 Å². The minimum atomic E-state index is -4.18. The van der Waals surface area contributed by atoms with Crippen LogP contribution in [0.5, 0.6) is 5.75 Å². The van der Waals surface area contributed by atoms with Crippen molar-refractivity contribution >= 4 is 26.8 Å². The number of phosphoric ester groups is 1. The van der Waals surface area contributed by atoms with Crippen molar-refractivity contribution in [2.45, 2.75) is 46.9 Å². The van der Waals surface area contributed by atoms with Crippen molar-refractivity contribution in [3.8, 4) is 16.3 Å². The van der Waals surface area contributed by atoms with Crippen LogP contribution >= 0.6 is 26.8 Å². The second-order valence-electron chi connectivity index (χ2n) is 8.16. The van der Waals surface area contributed by atoms with Gasteiger partial charge in [0.15, 0.2) is 17.4 Å². The summed E-state index contributed by atoms with van der Waals surface area (Å²) in [5.74, 6) is -2.34. The van der Waals surface area contributed by atoms with Crippen LogP contribution in [0.3, 0.4) is 0 Å². The lowest BCUT2D eigenvalue weighted by molar-refractivity contribution is 0.0891. The summed E-state index contributed by atoms with van der Waals surface area (Å²) < 4.78 is 74.7. The van der Waals surface area contributed by atoms with Crippen molar-refractivity contribution in [2.75, 3.05) is 33.0 Å². The Morgan fingerprint density at radius 3 is 2.12 bits per heavy atom. The maximum absolute atomic E-state index is 15.2. The normalized spacial score (nSPS) is 12.9. The molecule has 3 rings (SSSR count). The molecule has 0 amide bonds. The summed E-state index contributed by atoms with van der Waals surface area (Å²) in [6, 6.07) is 7.70. The zero-order valence-corrected chi connectivity index (χ0v) is 25.8. The average molecular weight is 617 g/mol. The Hall–Kier alpha value is -2.01. The Morgan fingerprint density at radius 1 is 0.925 bits per heavy atom. The van der Waals surface area contributed by atoms with Crippen LogP contribution in [0.25, 0.3) is 10.6 Å². The standard InChI is InChI=1S/C26H35FN2O8P2S/c1-6-33-38(30,34-7-2)26(37-39(31,35-8-3)36-9-4)21-10-11-24(22(27)18-21)32-17-14-23-19(5)40-25(29-23)20-12-15-28-16-13-20/h10-13,15-16,18,26H,6-9,14,17H2,1-5H3. The summed E-state index contributed by atoms with van der Waals surface area (Å²) in [5.41, 5.74) is 1.90. The Balaban J connectivity index is 1.80. The zero-order chi connectivity index (χ0) is 29.2. The minimum Gasteiger partial charge on any atom is -0.490 e. The van der Waals surface area contributed by atoms with Gasteiger partial charge < -0.3 is 13.8 Å². The van der Waals surface area contributed by atoms with Crippen LogP contribution in [0.1, 0.15) is 49.7 Å². The number of thiazole rings is 1. The third-order valence-electron chi connectivity index (χ3n) is 5.37. The predicted octanol–water partition coefficient (Wildman–Crippen LogP) is 7.74. The smallest absolute Gasteiger partial charge is 0.475 e. The summed E-state index contributed by atoms with van der Waals surface area (Å²) >= 11 is 1.57. The molecule has 2 heterocycles. The molecular weight excluding hydrogens is 581 g/mol. The fourth-order valence-corrected chi connectivity index (χ4v) is 8.25. The summed E-state index contributed by atoms with van der Waals surface area (Å²) in [5, 5.41) is 0.876. The highest BCUT2D eigenvalue weighted by molar-refractivity contribution is 7.55. The van der Waals surface area contributed by atoms with Crippen molar-refractivity contribution < 1.29 is 40.9 Å². The average Bonchev–Trinajstić information content (AvgIpc) is 3.29. The van der Waals surface area contributed by atoms with E-state index < -0.39 is 27.1 Å². The lowest BCUT2D eigenvalue weighted by Crippen LogP contribution is -2.12. The Morgan fingerprint density at radius 2 is 1.55 bits per heavy atom. The quantitative estimate of drug-likeness (QED) is 0.140. The van der Waals surface area contributed by atoms with Gasteiger partial charge in [-0.25, -0.2) is 13.9 Å². The molecule has 0 aliphatic heterocycles. The topological polar surface area (TPSA) is 115 Å². The fraction of sp³-hybridized carbons (Fsp3) is 0.462. The van der Waals surface area contributed by atoms with Crippen molar-refractivity contribution in [3.05, 3.63) is 64.7 Å². The molecule has 0 radical (unpaired) electrons. The first kappa shape index (κ1) is 32.5. The maximum Gasteiger partial charge on any atom is 0.475 e. The monoisotopic (exact) mass is 616 g/mol. The number of benzene rings is 1. The molecule has 0 spiro atoms. The van der Waals surface area contributed by atoms with Crippen LogP contribution in [0, 0.1) is 12.7 Å². The third-order valence-corrected chi connectivity index (χ3v) is 10.4. The molecule has 2 aromatic heterocycles. The molecule has 1 atom stereocenters. The number of pyridine rings is 1. The molecular formula is C26H35FN2O8P2S. The van der Waals surface area contributed by atoms with E-state index in [-0.39, 0.29) is 44.3 Å². The molecule has 3 aromatic rings. The number of aromatic nitrogens is 2. The van der Waals surface area contributed by atoms with Gasteiger partial charge in [0, 0.05) is 29.3 Å². The molecule has 10 nitrogen and oxygen atoms in total. The van der Waals surface area contributed by atoms with Gasteiger partial charge in [-0.3, -0.25) is 23.1 Å². The van der Waals surface area contributed by atoms with Gasteiger partial charge in [-0.15, -0.1) is 11.3 Å². The van der Waals surface area contributed by atoms with Crippen molar-refractivity contribution in [2.24, 2.45) is 0 Å². The summed E-state index contributed by atoms with van der Waals surface area (Å²) in [4.78, 5) is 9.76. The molecule has 0 aliphatic carbocycles. The third kappa shape index (κ3) is 8.50. The molecule has 0 N–H and O–H groups in total. The van der Waals surface area contributed by atoms with Gasteiger partial charge in [-0.1, -0.05) is 6.07 Å². The Kier molecular flexibility index (Phi) is 12.4. The van der Waals surface area contributed by atoms with Crippen LogP contribution in [-0.2, 0) is 38.2 Å². The predicted molar refractivity (Wildman–Crippen MR) is 151 cm³/mol. The first-order chi connectivity index (χ1) is 19.2. The van der Waals surface area contributed by atoms with Crippen LogP contribution in [-0.4, -0.2) is 43.0 Å². The molecule has 220 valence electrons. The number of phosphoric acid groups is 1. The molecule has 0 saturated carbocycles. The fourth-order valence-electron chi connectivity index (χ4n) is 3.69. The minimum absolute atomic E-state index is 0.00121. The van der Waals surface area contributed by atoms with Crippen LogP contribution in [0.2, 0.25) is 0 Å². The summed E-state index contributed by atoms with van der Waals surface area (Å²) in [7, 11) is -8.28. The first-order valence-electron chi connectivity index (χ1n) is 12.9. The number of halogens is 1. The highest BCUT2D eigenvalue weighted by atomic mass is 32.1. The number of rotatable bonds is 17. The van der Waals surface area contributed by atoms with Crippen LogP contribution in [0.4, 0.5) is 4.39 Å². The number of nitrogens with zero attached hydrogens (tertiary/aromatic N) is 2. The van der Waals surface area contributed by atoms with Crippen molar-refractivity contribution in [1.29, 1.82) is 0 Å². The molecule has 0 fully saturated rings. The molecule has 0 saturated heterocycles. The Bertz CT molecular complexity index is 1310. The van der Waals surface area contributed by atoms with Crippen LogP contribution < -0.4 is 4.74 Å². The summed E-state index contributed by atoms with van der Waals surface area (Å²) in [6.07, 6.45) is 3.89. The number of ether oxygens (including phenoxy) is 1. The number of hydrogen-bond donors (Lipinski definition) is 0. The summed E-state index contributed by atoms with van der Waals surface area (Å²) in [6.45, 7) is 8.62. The van der Waals surface area contributed by atoms with Gasteiger partial charge in [0.25, 0.3) is 0 Å². The van der Waals surface area contributed by atoms with Gasteiger partial charge in [-0.05, 0) is 64.4 Å². The van der Waals surface area contributed by atoms with E-state index in [9.17, 15) is 9.13 Å². The molecule has 1 unspecified atom stereocenters. The van der Waals surface area contributed by atoms with Gasteiger partial charge >= 0.3 is 15.4 Å². The first-order valence-corrected chi connectivity index (χ1v) is 16.8. The second kappa shape index (κ2) is 15.3. The molecule has 0 bridgehead atoms. The lowest BCUT2D eigenvalue weighted by atomic mass is 10.2. The number of aryl methyl sites for hydroxylation is 1. The van der Waals surface area contributed by atoms with Gasteiger partial charge in [0.05, 0.1) is 38.7 Å². The van der Waals surface area contributed by atoms with E-state index in [1.807, 2.05) is 19.1 Å². The van der Waals surface area contributed by atoms with Crippen molar-refractivity contribution in [3.63, 3.8) is 0 Å². The SMILES string of the molecule is CCOP(=O)(OCC)OC(c1ccc(OCCc2nc(-c3ccncc3)sc2C)c(F)c1)P(=O)(OCC)OCC. The lowest BCUT2D eigenvalue weighted by Gasteiger charge is -2.29.